The molecule has 1 aromatic carbocycles. The SMILES string of the molecule is C1=CCC(c2cc(C3=CC=CC3)n(Cc3ccccc3)n2)=C1. The molecule has 0 bridgehead atoms. The first kappa shape index (κ1) is 13.1. The van der Waals surface area contributed by atoms with Crippen LogP contribution in [0.15, 0.2) is 72.9 Å². The van der Waals surface area contributed by atoms with Gasteiger partial charge in [0.1, 0.15) is 0 Å². The standard InChI is InChI=1S/C20H18N2/c1-2-8-16(9-3-1)15-22-20(18-12-6-7-13-18)14-19(21-22)17-10-4-5-11-17/h1-10,12,14H,11,13,15H2. The van der Waals surface area contributed by atoms with Crippen LogP contribution in [0.4, 0.5) is 0 Å². The molecular weight excluding hydrogens is 268 g/mol. The van der Waals surface area contributed by atoms with Crippen LogP contribution in [0.3, 0.4) is 0 Å². The van der Waals surface area contributed by atoms with E-state index in [1.807, 2.05) is 0 Å². The highest BCUT2D eigenvalue weighted by atomic mass is 15.3. The monoisotopic (exact) mass is 286 g/mol. The fraction of sp³-hybridized carbons (Fsp3) is 0.150. The minimum Gasteiger partial charge on any atom is -0.260 e. The molecule has 2 aromatic rings. The first-order valence-electron chi connectivity index (χ1n) is 7.74. The molecule has 0 saturated carbocycles. The van der Waals surface area contributed by atoms with E-state index in [-0.39, 0.29) is 0 Å². The lowest BCUT2D eigenvalue weighted by molar-refractivity contribution is 0.674. The zero-order valence-electron chi connectivity index (χ0n) is 12.4. The average molecular weight is 286 g/mol. The Kier molecular flexibility index (Phi) is 3.36. The van der Waals surface area contributed by atoms with E-state index in [1.54, 1.807) is 0 Å². The minimum atomic E-state index is 0.814. The Labute approximate surface area is 130 Å². The van der Waals surface area contributed by atoms with Crippen LogP contribution in [-0.2, 0) is 6.54 Å². The van der Waals surface area contributed by atoms with Crippen molar-refractivity contribution in [1.29, 1.82) is 0 Å². The molecule has 1 heterocycles. The number of aromatic nitrogens is 2. The Bertz CT molecular complexity index is 801. The van der Waals surface area contributed by atoms with Gasteiger partial charge in [0.05, 0.1) is 17.9 Å². The molecular formula is C20H18N2. The van der Waals surface area contributed by atoms with Crippen molar-refractivity contribution in [3.8, 4) is 0 Å². The summed E-state index contributed by atoms with van der Waals surface area (Å²) in [5.74, 6) is 0. The van der Waals surface area contributed by atoms with Gasteiger partial charge in [0, 0.05) is 0 Å². The molecule has 2 aliphatic carbocycles. The Morgan fingerprint density at radius 2 is 1.64 bits per heavy atom. The zero-order chi connectivity index (χ0) is 14.8. The maximum atomic E-state index is 4.87. The minimum absolute atomic E-state index is 0.814. The van der Waals surface area contributed by atoms with Gasteiger partial charge in [-0.25, -0.2) is 0 Å². The summed E-state index contributed by atoms with van der Waals surface area (Å²) in [5, 5.41) is 4.87. The van der Waals surface area contributed by atoms with Crippen molar-refractivity contribution in [2.45, 2.75) is 19.4 Å². The van der Waals surface area contributed by atoms with Crippen molar-refractivity contribution < 1.29 is 0 Å². The van der Waals surface area contributed by atoms with Crippen molar-refractivity contribution in [3.05, 3.63) is 89.8 Å². The molecule has 0 unspecified atom stereocenters. The number of allylic oxidation sites excluding steroid dienone is 8. The molecule has 0 N–H and O–H groups in total. The van der Waals surface area contributed by atoms with Crippen LogP contribution in [0.5, 0.6) is 0 Å². The van der Waals surface area contributed by atoms with Crippen molar-refractivity contribution >= 4 is 11.1 Å². The van der Waals surface area contributed by atoms with Gasteiger partial charge in [-0.15, -0.1) is 0 Å². The van der Waals surface area contributed by atoms with Gasteiger partial charge in [-0.2, -0.15) is 5.10 Å². The molecule has 2 aliphatic rings. The molecule has 0 amide bonds. The van der Waals surface area contributed by atoms with Crippen LogP contribution in [0.25, 0.3) is 11.1 Å². The Morgan fingerprint density at radius 1 is 0.909 bits per heavy atom. The quantitative estimate of drug-likeness (QED) is 0.802. The number of rotatable bonds is 4. The highest BCUT2D eigenvalue weighted by Gasteiger charge is 2.15. The van der Waals surface area contributed by atoms with Gasteiger partial charge in [-0.05, 0) is 35.6 Å². The second-order valence-corrected chi connectivity index (χ2v) is 5.71. The normalized spacial score (nSPS) is 16.2. The summed E-state index contributed by atoms with van der Waals surface area (Å²) in [6.07, 6.45) is 15.0. The van der Waals surface area contributed by atoms with E-state index in [0.29, 0.717) is 0 Å². The van der Waals surface area contributed by atoms with E-state index in [4.69, 9.17) is 5.10 Å². The van der Waals surface area contributed by atoms with E-state index >= 15 is 0 Å². The van der Waals surface area contributed by atoms with E-state index in [2.05, 4.69) is 77.5 Å². The predicted molar refractivity (Wildman–Crippen MR) is 91.2 cm³/mol. The first-order chi connectivity index (χ1) is 10.9. The number of hydrogen-bond donors (Lipinski definition) is 0. The number of benzene rings is 1. The van der Waals surface area contributed by atoms with Gasteiger partial charge in [0.2, 0.25) is 0 Å². The van der Waals surface area contributed by atoms with E-state index in [9.17, 15) is 0 Å². The lowest BCUT2D eigenvalue weighted by Crippen LogP contribution is -2.05. The van der Waals surface area contributed by atoms with Crippen molar-refractivity contribution in [2.24, 2.45) is 0 Å². The molecule has 0 saturated heterocycles. The zero-order valence-corrected chi connectivity index (χ0v) is 12.4. The Morgan fingerprint density at radius 3 is 2.32 bits per heavy atom. The Balaban J connectivity index is 1.71. The topological polar surface area (TPSA) is 17.8 Å². The molecule has 2 heteroatoms. The van der Waals surface area contributed by atoms with Crippen molar-refractivity contribution in [1.82, 2.24) is 9.78 Å². The van der Waals surface area contributed by atoms with E-state index < -0.39 is 0 Å². The largest absolute Gasteiger partial charge is 0.260 e. The summed E-state index contributed by atoms with van der Waals surface area (Å²) in [7, 11) is 0. The predicted octanol–water partition coefficient (Wildman–Crippen LogP) is 4.62. The maximum absolute atomic E-state index is 4.87. The first-order valence-corrected chi connectivity index (χ1v) is 7.74. The van der Waals surface area contributed by atoms with E-state index in [1.165, 1.54) is 22.4 Å². The average Bonchev–Trinajstić information content (AvgIpc) is 3.29. The van der Waals surface area contributed by atoms with Crippen molar-refractivity contribution in [2.75, 3.05) is 0 Å². The molecule has 108 valence electrons. The number of hydrogen-bond acceptors (Lipinski definition) is 1. The molecule has 4 rings (SSSR count). The third-order valence-corrected chi connectivity index (χ3v) is 4.16. The van der Waals surface area contributed by atoms with E-state index in [0.717, 1.165) is 25.1 Å². The molecule has 22 heavy (non-hydrogen) atoms. The van der Waals surface area contributed by atoms with Crippen LogP contribution in [-0.4, -0.2) is 9.78 Å². The molecule has 0 radical (unpaired) electrons. The van der Waals surface area contributed by atoms with Gasteiger partial charge < -0.3 is 0 Å². The van der Waals surface area contributed by atoms with Crippen LogP contribution >= 0.6 is 0 Å². The molecule has 0 aliphatic heterocycles. The molecule has 2 nitrogen and oxygen atoms in total. The van der Waals surface area contributed by atoms with Crippen LogP contribution in [0.2, 0.25) is 0 Å². The summed E-state index contributed by atoms with van der Waals surface area (Å²) < 4.78 is 2.14. The second-order valence-electron chi connectivity index (χ2n) is 5.71. The summed E-state index contributed by atoms with van der Waals surface area (Å²) in [5.41, 5.74) is 6.27. The Hall–Kier alpha value is -2.61. The third-order valence-electron chi connectivity index (χ3n) is 4.16. The van der Waals surface area contributed by atoms with Gasteiger partial charge in [0.25, 0.3) is 0 Å². The smallest absolute Gasteiger partial charge is 0.0892 e. The fourth-order valence-corrected chi connectivity index (χ4v) is 2.98. The van der Waals surface area contributed by atoms with Gasteiger partial charge >= 0.3 is 0 Å². The third kappa shape index (κ3) is 2.48. The van der Waals surface area contributed by atoms with Gasteiger partial charge in [-0.3, -0.25) is 4.68 Å². The summed E-state index contributed by atoms with van der Waals surface area (Å²) >= 11 is 0. The highest BCUT2D eigenvalue weighted by Crippen LogP contribution is 2.29. The molecule has 0 spiro atoms. The lowest BCUT2D eigenvalue weighted by Gasteiger charge is -2.08. The maximum Gasteiger partial charge on any atom is 0.0892 e. The van der Waals surface area contributed by atoms with Crippen LogP contribution < -0.4 is 0 Å². The molecule has 0 atom stereocenters. The van der Waals surface area contributed by atoms with Crippen molar-refractivity contribution in [3.63, 3.8) is 0 Å². The summed E-state index contributed by atoms with van der Waals surface area (Å²) in [6.45, 7) is 0.814. The second kappa shape index (κ2) is 5.64. The van der Waals surface area contributed by atoms with Gasteiger partial charge in [-0.1, -0.05) is 66.8 Å². The summed E-state index contributed by atoms with van der Waals surface area (Å²) in [4.78, 5) is 0. The highest BCUT2D eigenvalue weighted by molar-refractivity contribution is 5.74. The van der Waals surface area contributed by atoms with Gasteiger partial charge in [0.15, 0.2) is 0 Å². The fourth-order valence-electron chi connectivity index (χ4n) is 2.98. The van der Waals surface area contributed by atoms with Crippen LogP contribution in [0, 0.1) is 0 Å². The van der Waals surface area contributed by atoms with Crippen LogP contribution in [0.1, 0.15) is 29.8 Å². The lowest BCUT2D eigenvalue weighted by atomic mass is 10.1. The molecule has 1 aromatic heterocycles. The summed E-state index contributed by atoms with van der Waals surface area (Å²) in [6, 6.07) is 12.8. The number of nitrogens with zero attached hydrogens (tertiary/aromatic N) is 2. The molecule has 0 fully saturated rings.